The van der Waals surface area contributed by atoms with E-state index in [1.807, 2.05) is 84.9 Å². The number of methoxy groups -OCH3 is 1. The van der Waals surface area contributed by atoms with Gasteiger partial charge in [-0.15, -0.1) is 0 Å². The van der Waals surface area contributed by atoms with Crippen LogP contribution in [0.1, 0.15) is 22.6 Å². The van der Waals surface area contributed by atoms with Gasteiger partial charge in [0.25, 0.3) is 0 Å². The molecule has 0 unspecified atom stereocenters. The molecule has 0 fully saturated rings. The van der Waals surface area contributed by atoms with E-state index >= 15 is 0 Å². The summed E-state index contributed by atoms with van der Waals surface area (Å²) >= 11 is 0. The molecule has 1 atom stereocenters. The summed E-state index contributed by atoms with van der Waals surface area (Å²) in [5, 5.41) is 5.20. The molecule has 1 amide bonds. The number of fused-ring (bicyclic) bond motifs is 4. The molecule has 0 bridgehead atoms. The van der Waals surface area contributed by atoms with E-state index in [1.165, 1.54) is 7.11 Å². The van der Waals surface area contributed by atoms with Gasteiger partial charge in [-0.05, 0) is 38.6 Å². The van der Waals surface area contributed by atoms with Gasteiger partial charge < -0.3 is 10.1 Å². The maximum atomic E-state index is 13.5. The highest BCUT2D eigenvalue weighted by atomic mass is 16.5. The van der Waals surface area contributed by atoms with Gasteiger partial charge in [0.1, 0.15) is 6.04 Å². The number of hydrogen-bond donors (Lipinski definition) is 1. The van der Waals surface area contributed by atoms with Crippen molar-refractivity contribution < 1.29 is 14.3 Å². The van der Waals surface area contributed by atoms with Gasteiger partial charge >= 0.3 is 5.97 Å². The Morgan fingerprint density at radius 2 is 1.41 bits per heavy atom. The number of hydrogen-bond acceptors (Lipinski definition) is 3. The second-order valence-electron chi connectivity index (χ2n) is 8.08. The van der Waals surface area contributed by atoms with Crippen LogP contribution in [0, 0.1) is 0 Å². The Labute approximate surface area is 186 Å². The average Bonchev–Trinajstić information content (AvgIpc) is 3.17. The molecule has 5 rings (SSSR count). The van der Waals surface area contributed by atoms with Gasteiger partial charge in [0.15, 0.2) is 0 Å². The van der Waals surface area contributed by atoms with Crippen molar-refractivity contribution in [3.63, 3.8) is 0 Å². The lowest BCUT2D eigenvalue weighted by Crippen LogP contribution is -2.45. The van der Waals surface area contributed by atoms with Gasteiger partial charge in [-0.2, -0.15) is 0 Å². The molecule has 0 aromatic heterocycles. The summed E-state index contributed by atoms with van der Waals surface area (Å²) in [6, 6.07) is 29.3. The molecule has 0 saturated carbocycles. The van der Waals surface area contributed by atoms with Crippen LogP contribution in [0.25, 0.3) is 21.9 Å². The van der Waals surface area contributed by atoms with Gasteiger partial charge in [-0.25, -0.2) is 4.79 Å². The minimum Gasteiger partial charge on any atom is -0.467 e. The third-order valence-electron chi connectivity index (χ3n) is 6.15. The molecule has 32 heavy (non-hydrogen) atoms. The Balaban J connectivity index is 1.44. The van der Waals surface area contributed by atoms with Crippen LogP contribution in [-0.4, -0.2) is 25.0 Å². The van der Waals surface area contributed by atoms with E-state index in [1.54, 1.807) is 0 Å². The molecule has 4 heteroatoms. The van der Waals surface area contributed by atoms with Crippen molar-refractivity contribution in [3.05, 3.63) is 108 Å². The number of nitrogens with one attached hydrogen (secondary N) is 1. The molecule has 4 aromatic rings. The van der Waals surface area contributed by atoms with Crippen molar-refractivity contribution >= 4 is 22.6 Å². The second-order valence-corrected chi connectivity index (χ2v) is 8.08. The molecule has 1 aliphatic rings. The summed E-state index contributed by atoms with van der Waals surface area (Å²) < 4.78 is 5.02. The number of carbonyl (C=O) groups is 2. The Kier molecular flexibility index (Phi) is 5.20. The predicted molar refractivity (Wildman–Crippen MR) is 125 cm³/mol. The lowest BCUT2D eigenvalue weighted by Gasteiger charge is -2.20. The third-order valence-corrected chi connectivity index (χ3v) is 6.15. The summed E-state index contributed by atoms with van der Waals surface area (Å²) in [6.07, 6.45) is 0.360. The second kappa shape index (κ2) is 8.31. The molecule has 0 heterocycles. The first-order chi connectivity index (χ1) is 15.7. The zero-order valence-electron chi connectivity index (χ0n) is 17.7. The van der Waals surface area contributed by atoms with Crippen LogP contribution in [0.4, 0.5) is 0 Å². The van der Waals surface area contributed by atoms with E-state index in [0.29, 0.717) is 6.42 Å². The number of esters is 1. The third kappa shape index (κ3) is 3.54. The van der Waals surface area contributed by atoms with Gasteiger partial charge in [0.2, 0.25) is 5.91 Å². The molecule has 4 aromatic carbocycles. The van der Waals surface area contributed by atoms with E-state index in [2.05, 4.69) is 11.4 Å². The Bertz CT molecular complexity index is 1280. The zero-order valence-corrected chi connectivity index (χ0v) is 17.7. The molecular formula is C28H23NO3. The standard InChI is InChI=1S/C28H23NO3/c1-32-28(31)25(17-18-14-15-19-8-2-3-9-20(19)16-18)29-27(30)26-23-12-6-4-10-21(23)22-11-5-7-13-24(22)26/h2-16,25-26H,17H2,1H3,(H,29,30)/t25-/m1/s1. The molecule has 1 aliphatic carbocycles. The molecule has 0 radical (unpaired) electrons. The van der Waals surface area contributed by atoms with Gasteiger partial charge in [0.05, 0.1) is 13.0 Å². The number of benzene rings is 4. The number of amides is 1. The topological polar surface area (TPSA) is 55.4 Å². The SMILES string of the molecule is COC(=O)[C@@H](Cc1ccc2ccccc2c1)NC(=O)C1c2ccccc2-c2ccccc21. The number of carbonyl (C=O) groups excluding carboxylic acids is 2. The first-order valence-corrected chi connectivity index (χ1v) is 10.7. The van der Waals surface area contributed by atoms with Gasteiger partial charge in [-0.3, -0.25) is 4.79 Å². The van der Waals surface area contributed by atoms with Crippen LogP contribution in [-0.2, 0) is 20.7 Å². The average molecular weight is 421 g/mol. The van der Waals surface area contributed by atoms with Crippen LogP contribution >= 0.6 is 0 Å². The molecule has 1 N–H and O–H groups in total. The molecule has 4 nitrogen and oxygen atoms in total. The van der Waals surface area contributed by atoms with Crippen LogP contribution in [0.15, 0.2) is 91.0 Å². The summed E-state index contributed by atoms with van der Waals surface area (Å²) in [7, 11) is 1.35. The highest BCUT2D eigenvalue weighted by Gasteiger charge is 2.35. The zero-order chi connectivity index (χ0) is 22.1. The maximum absolute atomic E-state index is 13.5. The van der Waals surface area contributed by atoms with Crippen molar-refractivity contribution in [1.82, 2.24) is 5.32 Å². The Morgan fingerprint density at radius 3 is 2.06 bits per heavy atom. The van der Waals surface area contributed by atoms with Gasteiger partial charge in [-0.1, -0.05) is 91.0 Å². The molecule has 158 valence electrons. The van der Waals surface area contributed by atoms with Crippen molar-refractivity contribution in [2.75, 3.05) is 7.11 Å². The van der Waals surface area contributed by atoms with E-state index in [4.69, 9.17) is 4.74 Å². The van der Waals surface area contributed by atoms with E-state index in [-0.39, 0.29) is 5.91 Å². The predicted octanol–water partition coefficient (Wildman–Crippen LogP) is 4.85. The molecular weight excluding hydrogens is 398 g/mol. The maximum Gasteiger partial charge on any atom is 0.328 e. The quantitative estimate of drug-likeness (QED) is 0.469. The van der Waals surface area contributed by atoms with Crippen LogP contribution in [0.3, 0.4) is 0 Å². The fraction of sp³-hybridized carbons (Fsp3) is 0.143. The first-order valence-electron chi connectivity index (χ1n) is 10.7. The minimum absolute atomic E-state index is 0.196. The van der Waals surface area contributed by atoms with Crippen molar-refractivity contribution in [2.45, 2.75) is 18.4 Å². The number of ether oxygens (including phenoxy) is 1. The van der Waals surface area contributed by atoms with Gasteiger partial charge in [0, 0.05) is 6.42 Å². The smallest absolute Gasteiger partial charge is 0.328 e. The fourth-order valence-corrected chi connectivity index (χ4v) is 4.63. The highest BCUT2D eigenvalue weighted by molar-refractivity contribution is 5.98. The van der Waals surface area contributed by atoms with Crippen LogP contribution in [0.2, 0.25) is 0 Å². The van der Waals surface area contributed by atoms with Crippen molar-refractivity contribution in [1.29, 1.82) is 0 Å². The number of rotatable bonds is 5. The largest absolute Gasteiger partial charge is 0.467 e. The van der Waals surface area contributed by atoms with E-state index < -0.39 is 17.9 Å². The Morgan fingerprint density at radius 1 is 0.812 bits per heavy atom. The summed E-state index contributed by atoms with van der Waals surface area (Å²) in [5.74, 6) is -1.10. The first kappa shape index (κ1) is 20.0. The normalized spacial score (nSPS) is 13.3. The van der Waals surface area contributed by atoms with E-state index in [0.717, 1.165) is 38.6 Å². The van der Waals surface area contributed by atoms with Crippen molar-refractivity contribution in [2.24, 2.45) is 0 Å². The minimum atomic E-state index is -0.770. The van der Waals surface area contributed by atoms with E-state index in [9.17, 15) is 9.59 Å². The fourth-order valence-electron chi connectivity index (χ4n) is 4.63. The molecule has 0 saturated heterocycles. The molecule has 0 aliphatic heterocycles. The summed E-state index contributed by atoms with van der Waals surface area (Å²) in [5.41, 5.74) is 5.01. The summed E-state index contributed by atoms with van der Waals surface area (Å²) in [4.78, 5) is 26.1. The monoisotopic (exact) mass is 421 g/mol. The highest BCUT2D eigenvalue weighted by Crippen LogP contribution is 2.44. The Hall–Kier alpha value is -3.92. The summed E-state index contributed by atoms with van der Waals surface area (Å²) in [6.45, 7) is 0. The lowest BCUT2D eigenvalue weighted by molar-refractivity contribution is -0.145. The van der Waals surface area contributed by atoms with Crippen molar-refractivity contribution in [3.8, 4) is 11.1 Å². The lowest BCUT2D eigenvalue weighted by atomic mass is 9.95. The van der Waals surface area contributed by atoms with Crippen LogP contribution in [0.5, 0.6) is 0 Å². The van der Waals surface area contributed by atoms with Crippen LogP contribution < -0.4 is 5.32 Å². The molecule has 0 spiro atoms.